The third-order valence-corrected chi connectivity index (χ3v) is 5.03. The van der Waals surface area contributed by atoms with Crippen LogP contribution in [0.3, 0.4) is 0 Å². The summed E-state index contributed by atoms with van der Waals surface area (Å²) in [7, 11) is 0. The lowest BCUT2D eigenvalue weighted by Gasteiger charge is -2.16. The molecule has 4 rings (SSSR count). The van der Waals surface area contributed by atoms with Gasteiger partial charge in [0.1, 0.15) is 5.82 Å². The number of hydrogen-bond acceptors (Lipinski definition) is 4. The van der Waals surface area contributed by atoms with Crippen LogP contribution in [-0.4, -0.2) is 41.1 Å². The molecule has 1 atom stereocenters. The van der Waals surface area contributed by atoms with Gasteiger partial charge in [0, 0.05) is 43.4 Å². The summed E-state index contributed by atoms with van der Waals surface area (Å²) in [6.45, 7) is 2.87. The summed E-state index contributed by atoms with van der Waals surface area (Å²) in [6.07, 6.45) is 0.814. The van der Waals surface area contributed by atoms with Gasteiger partial charge in [-0.25, -0.2) is 4.39 Å². The van der Waals surface area contributed by atoms with Crippen molar-refractivity contribution in [2.24, 2.45) is 0 Å². The fourth-order valence-corrected chi connectivity index (χ4v) is 3.51. The minimum Gasteiger partial charge on any atom is -0.353 e. The van der Waals surface area contributed by atoms with Crippen molar-refractivity contribution < 1.29 is 14.0 Å². The van der Waals surface area contributed by atoms with Gasteiger partial charge in [-0.2, -0.15) is 5.10 Å². The molecular weight excluding hydrogens is 385 g/mol. The smallest absolute Gasteiger partial charge is 0.251 e. The molecule has 0 bridgehead atoms. The first-order chi connectivity index (χ1) is 14.5. The largest absolute Gasteiger partial charge is 0.353 e. The van der Waals surface area contributed by atoms with Gasteiger partial charge in [-0.15, -0.1) is 0 Å². The highest BCUT2D eigenvalue weighted by molar-refractivity contribution is 5.95. The number of anilines is 2. The van der Waals surface area contributed by atoms with Gasteiger partial charge in [0.05, 0.1) is 5.69 Å². The molecule has 2 heterocycles. The Morgan fingerprint density at radius 1 is 1.13 bits per heavy atom. The van der Waals surface area contributed by atoms with Gasteiger partial charge >= 0.3 is 0 Å². The molecule has 1 saturated heterocycles. The van der Waals surface area contributed by atoms with E-state index in [-0.39, 0.29) is 23.7 Å². The Kier molecular flexibility index (Phi) is 5.47. The van der Waals surface area contributed by atoms with E-state index in [1.807, 2.05) is 6.07 Å². The van der Waals surface area contributed by atoms with E-state index in [9.17, 15) is 14.0 Å². The van der Waals surface area contributed by atoms with Crippen molar-refractivity contribution in [1.82, 2.24) is 15.5 Å². The molecule has 0 saturated carbocycles. The van der Waals surface area contributed by atoms with Crippen LogP contribution in [0.25, 0.3) is 11.3 Å². The van der Waals surface area contributed by atoms with E-state index < -0.39 is 0 Å². The predicted molar refractivity (Wildman–Crippen MR) is 113 cm³/mol. The minimum absolute atomic E-state index is 0.0125. The number of aromatic amines is 1. The molecule has 1 aromatic heterocycles. The second-order valence-corrected chi connectivity index (χ2v) is 7.31. The van der Waals surface area contributed by atoms with Crippen molar-refractivity contribution in [2.75, 3.05) is 23.3 Å². The first-order valence-electron chi connectivity index (χ1n) is 9.73. The number of nitrogens with zero attached hydrogens (tertiary/aromatic N) is 2. The topological polar surface area (TPSA) is 90.1 Å². The Hall–Kier alpha value is -3.68. The lowest BCUT2D eigenvalue weighted by molar-refractivity contribution is -0.114. The Morgan fingerprint density at radius 2 is 1.87 bits per heavy atom. The van der Waals surface area contributed by atoms with Gasteiger partial charge in [-0.05, 0) is 60.5 Å². The van der Waals surface area contributed by atoms with Crippen molar-refractivity contribution in [2.45, 2.75) is 19.4 Å². The van der Waals surface area contributed by atoms with Crippen LogP contribution in [0.5, 0.6) is 0 Å². The van der Waals surface area contributed by atoms with Gasteiger partial charge < -0.3 is 15.5 Å². The maximum absolute atomic E-state index is 13.1. The van der Waals surface area contributed by atoms with Gasteiger partial charge in [-0.1, -0.05) is 0 Å². The Labute approximate surface area is 173 Å². The van der Waals surface area contributed by atoms with Crippen molar-refractivity contribution in [1.29, 1.82) is 0 Å². The standard InChI is InChI=1S/C22H22FN5O2/c1-14(29)24-18-8-4-16(5-9-18)22(30)25-19-10-11-28(13-19)21-12-20(26-27-21)15-2-6-17(23)7-3-15/h2-9,12,19H,10-11,13H2,1H3,(H,24,29)(H,25,30)(H,26,27)/t19-/m1/s1. The van der Waals surface area contributed by atoms with Crippen LogP contribution in [0.1, 0.15) is 23.7 Å². The number of aromatic nitrogens is 2. The summed E-state index contributed by atoms with van der Waals surface area (Å²) >= 11 is 0. The quantitative estimate of drug-likeness (QED) is 0.606. The average Bonchev–Trinajstić information content (AvgIpc) is 3.38. The second-order valence-electron chi connectivity index (χ2n) is 7.31. The summed E-state index contributed by atoms with van der Waals surface area (Å²) in [5, 5.41) is 13.1. The van der Waals surface area contributed by atoms with Crippen LogP contribution in [0.15, 0.2) is 54.6 Å². The molecule has 1 fully saturated rings. The molecule has 1 aliphatic heterocycles. The SMILES string of the molecule is CC(=O)Nc1ccc(C(=O)N[C@@H]2CCN(c3cc(-c4ccc(F)cc4)[nH]n3)C2)cc1. The lowest BCUT2D eigenvalue weighted by Crippen LogP contribution is -2.37. The molecule has 0 spiro atoms. The fraction of sp³-hybridized carbons (Fsp3) is 0.227. The predicted octanol–water partition coefficient (Wildman–Crippen LogP) is 3.18. The summed E-state index contributed by atoms with van der Waals surface area (Å²) in [5.41, 5.74) is 2.88. The lowest BCUT2D eigenvalue weighted by atomic mass is 10.1. The van der Waals surface area contributed by atoms with E-state index >= 15 is 0 Å². The van der Waals surface area contributed by atoms with Crippen molar-refractivity contribution in [3.05, 3.63) is 66.0 Å². The normalized spacial score (nSPS) is 15.8. The number of H-pyrrole nitrogens is 1. The molecule has 154 valence electrons. The number of nitrogens with one attached hydrogen (secondary N) is 3. The van der Waals surface area contributed by atoms with Crippen molar-refractivity contribution in [3.63, 3.8) is 0 Å². The third kappa shape index (κ3) is 4.48. The number of carbonyl (C=O) groups excluding carboxylic acids is 2. The van der Waals surface area contributed by atoms with E-state index in [0.29, 0.717) is 17.8 Å². The molecule has 8 heteroatoms. The zero-order chi connectivity index (χ0) is 21.1. The zero-order valence-corrected chi connectivity index (χ0v) is 16.5. The van der Waals surface area contributed by atoms with E-state index in [1.165, 1.54) is 19.1 Å². The average molecular weight is 407 g/mol. The summed E-state index contributed by atoms with van der Waals surface area (Å²) < 4.78 is 13.1. The molecule has 3 N–H and O–H groups in total. The van der Waals surface area contributed by atoms with Crippen LogP contribution in [0.4, 0.5) is 15.9 Å². The zero-order valence-electron chi connectivity index (χ0n) is 16.5. The van der Waals surface area contributed by atoms with E-state index in [4.69, 9.17) is 0 Å². The van der Waals surface area contributed by atoms with Crippen LogP contribution in [-0.2, 0) is 4.79 Å². The first kappa shape index (κ1) is 19.6. The number of halogens is 1. The Balaban J connectivity index is 1.35. The number of carbonyl (C=O) groups is 2. The van der Waals surface area contributed by atoms with Crippen LogP contribution in [0.2, 0.25) is 0 Å². The highest BCUT2D eigenvalue weighted by Gasteiger charge is 2.26. The van der Waals surface area contributed by atoms with Gasteiger partial charge in [-0.3, -0.25) is 14.7 Å². The molecule has 0 aliphatic carbocycles. The van der Waals surface area contributed by atoms with E-state index in [2.05, 4.69) is 25.7 Å². The molecule has 30 heavy (non-hydrogen) atoms. The highest BCUT2D eigenvalue weighted by Crippen LogP contribution is 2.24. The molecule has 1 aliphatic rings. The van der Waals surface area contributed by atoms with Crippen molar-refractivity contribution >= 4 is 23.3 Å². The molecule has 2 aromatic carbocycles. The van der Waals surface area contributed by atoms with Crippen LogP contribution >= 0.6 is 0 Å². The first-order valence-corrected chi connectivity index (χ1v) is 9.73. The van der Waals surface area contributed by atoms with E-state index in [0.717, 1.165) is 30.0 Å². The maximum Gasteiger partial charge on any atom is 0.251 e. The fourth-order valence-electron chi connectivity index (χ4n) is 3.51. The van der Waals surface area contributed by atoms with Gasteiger partial charge in [0.2, 0.25) is 5.91 Å². The molecule has 0 unspecified atom stereocenters. The number of amides is 2. The number of hydrogen-bond donors (Lipinski definition) is 3. The second kappa shape index (κ2) is 8.36. The Morgan fingerprint density at radius 3 is 2.57 bits per heavy atom. The number of benzene rings is 2. The molecular formula is C22H22FN5O2. The number of rotatable bonds is 5. The van der Waals surface area contributed by atoms with Gasteiger partial charge in [0.25, 0.3) is 5.91 Å². The van der Waals surface area contributed by atoms with E-state index in [1.54, 1.807) is 36.4 Å². The summed E-state index contributed by atoms with van der Waals surface area (Å²) in [6, 6.07) is 15.0. The molecule has 7 nitrogen and oxygen atoms in total. The Bertz CT molecular complexity index is 1050. The maximum atomic E-state index is 13.1. The summed E-state index contributed by atoms with van der Waals surface area (Å²) in [4.78, 5) is 25.7. The van der Waals surface area contributed by atoms with Crippen molar-refractivity contribution in [3.8, 4) is 11.3 Å². The minimum atomic E-state index is -0.277. The third-order valence-electron chi connectivity index (χ3n) is 5.03. The molecule has 2 amide bonds. The van der Waals surface area contributed by atoms with Crippen LogP contribution < -0.4 is 15.5 Å². The van der Waals surface area contributed by atoms with Crippen LogP contribution in [0, 0.1) is 5.82 Å². The monoisotopic (exact) mass is 407 g/mol. The van der Waals surface area contributed by atoms with Gasteiger partial charge in [0.15, 0.2) is 5.82 Å². The molecule has 3 aromatic rings. The molecule has 0 radical (unpaired) electrons. The highest BCUT2D eigenvalue weighted by atomic mass is 19.1. The summed E-state index contributed by atoms with van der Waals surface area (Å²) in [5.74, 6) is 0.219.